The first-order valence-corrected chi connectivity index (χ1v) is 7.24. The summed E-state index contributed by atoms with van der Waals surface area (Å²) >= 11 is 2.16. The minimum absolute atomic E-state index is 0.0302. The molecule has 0 fully saturated rings. The van der Waals surface area contributed by atoms with Crippen molar-refractivity contribution in [2.45, 2.75) is 13.8 Å². The number of halogens is 1. The van der Waals surface area contributed by atoms with Gasteiger partial charge in [-0.15, -0.1) is 0 Å². The van der Waals surface area contributed by atoms with Crippen molar-refractivity contribution in [1.82, 2.24) is 4.98 Å². The number of benzene rings is 1. The number of pyridine rings is 1. The van der Waals surface area contributed by atoms with Gasteiger partial charge in [0.1, 0.15) is 11.6 Å². The van der Waals surface area contributed by atoms with Crippen molar-refractivity contribution in [3.63, 3.8) is 0 Å². The molecule has 1 N–H and O–H groups in total. The van der Waals surface area contributed by atoms with E-state index in [-0.39, 0.29) is 12.5 Å². The van der Waals surface area contributed by atoms with E-state index in [2.05, 4.69) is 32.9 Å². The van der Waals surface area contributed by atoms with E-state index < -0.39 is 0 Å². The SMILES string of the molecule is Cc1ccc(OCC(=O)Nc2ccc(I)cn2)c(C)c1. The van der Waals surface area contributed by atoms with Gasteiger partial charge < -0.3 is 10.1 Å². The van der Waals surface area contributed by atoms with Crippen LogP contribution in [0.3, 0.4) is 0 Å². The highest BCUT2D eigenvalue weighted by molar-refractivity contribution is 14.1. The minimum Gasteiger partial charge on any atom is -0.483 e. The fraction of sp³-hybridized carbons (Fsp3) is 0.200. The molecule has 0 spiro atoms. The van der Waals surface area contributed by atoms with Crippen LogP contribution in [-0.4, -0.2) is 17.5 Å². The summed E-state index contributed by atoms with van der Waals surface area (Å²) < 4.78 is 6.53. The molecule has 4 nitrogen and oxygen atoms in total. The summed E-state index contributed by atoms with van der Waals surface area (Å²) in [5.41, 5.74) is 2.19. The van der Waals surface area contributed by atoms with E-state index in [4.69, 9.17) is 4.74 Å². The number of carbonyl (C=O) groups is 1. The summed E-state index contributed by atoms with van der Waals surface area (Å²) in [6, 6.07) is 9.50. The number of rotatable bonds is 4. The van der Waals surface area contributed by atoms with Gasteiger partial charge in [-0.05, 0) is 60.2 Å². The van der Waals surface area contributed by atoms with E-state index in [0.29, 0.717) is 5.82 Å². The van der Waals surface area contributed by atoms with Crippen LogP contribution in [0.2, 0.25) is 0 Å². The quantitative estimate of drug-likeness (QED) is 0.826. The molecule has 0 saturated carbocycles. The van der Waals surface area contributed by atoms with E-state index in [1.165, 1.54) is 5.56 Å². The first-order valence-electron chi connectivity index (χ1n) is 6.16. The standard InChI is InChI=1S/C15H15IN2O2/c1-10-3-5-13(11(2)7-10)20-9-15(19)18-14-6-4-12(16)8-17-14/h3-8H,9H2,1-2H3,(H,17,18,19). The molecule has 2 rings (SSSR count). The topological polar surface area (TPSA) is 51.2 Å². The molecule has 20 heavy (non-hydrogen) atoms. The van der Waals surface area contributed by atoms with Gasteiger partial charge in [0, 0.05) is 9.77 Å². The number of carbonyl (C=O) groups excluding carboxylic acids is 1. The molecule has 104 valence electrons. The van der Waals surface area contributed by atoms with Gasteiger partial charge in [-0.25, -0.2) is 4.98 Å². The van der Waals surface area contributed by atoms with E-state index in [0.717, 1.165) is 14.9 Å². The molecule has 1 amide bonds. The molecule has 0 unspecified atom stereocenters. The number of hydrogen-bond donors (Lipinski definition) is 1. The Morgan fingerprint density at radius 2 is 2.10 bits per heavy atom. The average molecular weight is 382 g/mol. The van der Waals surface area contributed by atoms with E-state index in [9.17, 15) is 4.79 Å². The highest BCUT2D eigenvalue weighted by atomic mass is 127. The molecule has 0 aliphatic heterocycles. The van der Waals surface area contributed by atoms with Gasteiger partial charge in [0.2, 0.25) is 0 Å². The van der Waals surface area contributed by atoms with Crippen molar-refractivity contribution in [3.8, 4) is 5.75 Å². The van der Waals surface area contributed by atoms with Crippen LogP contribution in [-0.2, 0) is 4.79 Å². The second-order valence-corrected chi connectivity index (χ2v) is 5.71. The number of amides is 1. The predicted molar refractivity (Wildman–Crippen MR) is 87.0 cm³/mol. The molecular weight excluding hydrogens is 367 g/mol. The number of ether oxygens (including phenoxy) is 1. The normalized spacial score (nSPS) is 10.2. The molecule has 1 heterocycles. The Morgan fingerprint density at radius 3 is 2.75 bits per heavy atom. The molecule has 0 aliphatic carbocycles. The number of aryl methyl sites for hydroxylation is 2. The van der Waals surface area contributed by atoms with Crippen LogP contribution in [0.25, 0.3) is 0 Å². The number of aromatic nitrogens is 1. The van der Waals surface area contributed by atoms with Gasteiger partial charge in [-0.2, -0.15) is 0 Å². The maximum atomic E-state index is 11.8. The van der Waals surface area contributed by atoms with Gasteiger partial charge in [-0.1, -0.05) is 17.7 Å². The fourth-order valence-electron chi connectivity index (χ4n) is 1.73. The molecular formula is C15H15IN2O2. The van der Waals surface area contributed by atoms with E-state index in [1.54, 1.807) is 12.3 Å². The molecule has 5 heteroatoms. The Morgan fingerprint density at radius 1 is 1.30 bits per heavy atom. The average Bonchev–Trinajstić information content (AvgIpc) is 2.40. The Kier molecular flexibility index (Phi) is 4.94. The Hall–Kier alpha value is -1.63. The number of nitrogens with one attached hydrogen (secondary N) is 1. The molecule has 0 bridgehead atoms. The van der Waals surface area contributed by atoms with Crippen molar-refractivity contribution in [2.24, 2.45) is 0 Å². The largest absolute Gasteiger partial charge is 0.483 e. The second-order valence-electron chi connectivity index (χ2n) is 4.47. The number of anilines is 1. The van der Waals surface area contributed by atoms with E-state index in [1.807, 2.05) is 38.1 Å². The van der Waals surface area contributed by atoms with Crippen LogP contribution in [0.4, 0.5) is 5.82 Å². The summed E-state index contributed by atoms with van der Waals surface area (Å²) in [5, 5.41) is 2.69. The van der Waals surface area contributed by atoms with Crippen LogP contribution < -0.4 is 10.1 Å². The Labute approximate surface area is 131 Å². The lowest BCUT2D eigenvalue weighted by molar-refractivity contribution is -0.118. The number of nitrogens with zero attached hydrogens (tertiary/aromatic N) is 1. The third kappa shape index (κ3) is 4.19. The van der Waals surface area contributed by atoms with Crippen LogP contribution in [0.15, 0.2) is 36.5 Å². The van der Waals surface area contributed by atoms with Crippen molar-refractivity contribution in [2.75, 3.05) is 11.9 Å². The maximum Gasteiger partial charge on any atom is 0.263 e. The lowest BCUT2D eigenvalue weighted by Gasteiger charge is -2.09. The Balaban J connectivity index is 1.90. The second kappa shape index (κ2) is 6.69. The lowest BCUT2D eigenvalue weighted by atomic mass is 10.1. The van der Waals surface area contributed by atoms with Gasteiger partial charge in [0.25, 0.3) is 5.91 Å². The Bertz CT molecular complexity index is 612. The first kappa shape index (κ1) is 14.8. The zero-order valence-corrected chi connectivity index (χ0v) is 13.5. The van der Waals surface area contributed by atoms with Crippen LogP contribution >= 0.6 is 22.6 Å². The maximum absolute atomic E-state index is 11.8. The monoisotopic (exact) mass is 382 g/mol. The lowest BCUT2D eigenvalue weighted by Crippen LogP contribution is -2.21. The van der Waals surface area contributed by atoms with Crippen LogP contribution in [0.5, 0.6) is 5.75 Å². The molecule has 2 aromatic rings. The third-order valence-electron chi connectivity index (χ3n) is 2.68. The molecule has 0 saturated heterocycles. The van der Waals surface area contributed by atoms with Crippen molar-refractivity contribution < 1.29 is 9.53 Å². The van der Waals surface area contributed by atoms with Crippen LogP contribution in [0, 0.1) is 17.4 Å². The zero-order chi connectivity index (χ0) is 14.5. The van der Waals surface area contributed by atoms with Gasteiger partial charge >= 0.3 is 0 Å². The summed E-state index contributed by atoms with van der Waals surface area (Å²) in [4.78, 5) is 15.9. The highest BCUT2D eigenvalue weighted by Gasteiger charge is 2.06. The minimum atomic E-state index is -0.223. The molecule has 0 atom stereocenters. The molecule has 0 aliphatic rings. The number of hydrogen-bond acceptors (Lipinski definition) is 3. The van der Waals surface area contributed by atoms with Crippen molar-refractivity contribution in [3.05, 3.63) is 51.2 Å². The van der Waals surface area contributed by atoms with Crippen LogP contribution in [0.1, 0.15) is 11.1 Å². The molecule has 1 aromatic carbocycles. The summed E-state index contributed by atoms with van der Waals surface area (Å²) in [6.45, 7) is 3.95. The zero-order valence-electron chi connectivity index (χ0n) is 11.3. The highest BCUT2D eigenvalue weighted by Crippen LogP contribution is 2.18. The van der Waals surface area contributed by atoms with Gasteiger partial charge in [-0.3, -0.25) is 4.79 Å². The summed E-state index contributed by atoms with van der Waals surface area (Å²) in [7, 11) is 0. The van der Waals surface area contributed by atoms with E-state index >= 15 is 0 Å². The molecule has 1 aromatic heterocycles. The predicted octanol–water partition coefficient (Wildman–Crippen LogP) is 3.32. The first-order chi connectivity index (χ1) is 9.54. The van der Waals surface area contributed by atoms with Gasteiger partial charge in [0.05, 0.1) is 0 Å². The third-order valence-corrected chi connectivity index (χ3v) is 3.32. The van der Waals surface area contributed by atoms with Crippen molar-refractivity contribution >= 4 is 34.3 Å². The fourth-order valence-corrected chi connectivity index (χ4v) is 2.05. The van der Waals surface area contributed by atoms with Gasteiger partial charge in [0.15, 0.2) is 6.61 Å². The molecule has 0 radical (unpaired) electrons. The smallest absolute Gasteiger partial charge is 0.263 e. The summed E-state index contributed by atoms with van der Waals surface area (Å²) in [6.07, 6.45) is 1.70. The van der Waals surface area contributed by atoms with Crippen molar-refractivity contribution in [1.29, 1.82) is 0 Å². The summed E-state index contributed by atoms with van der Waals surface area (Å²) in [5.74, 6) is 1.03.